The number of hydrogen-bond acceptors (Lipinski definition) is 7. The summed E-state index contributed by atoms with van der Waals surface area (Å²) >= 11 is 1.64. The van der Waals surface area contributed by atoms with E-state index < -0.39 is 0 Å². The van der Waals surface area contributed by atoms with Gasteiger partial charge in [-0.1, -0.05) is 12.1 Å². The number of carbonyl (C=O) groups excluding carboxylic acids is 1. The second-order valence-electron chi connectivity index (χ2n) is 8.42. The fraction of sp³-hybridized carbons (Fsp3) is 0.320. The first-order valence-electron chi connectivity index (χ1n) is 11.4. The first kappa shape index (κ1) is 21.1. The van der Waals surface area contributed by atoms with E-state index in [1.165, 1.54) is 0 Å². The van der Waals surface area contributed by atoms with Crippen molar-refractivity contribution in [3.63, 3.8) is 0 Å². The molecule has 4 heterocycles. The minimum atomic E-state index is -0.0147. The van der Waals surface area contributed by atoms with Crippen LogP contribution in [-0.4, -0.2) is 58.0 Å². The van der Waals surface area contributed by atoms with E-state index >= 15 is 0 Å². The molecule has 1 saturated heterocycles. The Balaban J connectivity index is 1.37. The predicted molar refractivity (Wildman–Crippen MR) is 128 cm³/mol. The zero-order valence-electron chi connectivity index (χ0n) is 18.6. The van der Waals surface area contributed by atoms with Crippen LogP contribution in [0.3, 0.4) is 0 Å². The Bertz CT molecular complexity index is 1280. The first-order chi connectivity index (χ1) is 16.7. The monoisotopic (exact) mass is 476 g/mol. The molecule has 174 valence electrons. The number of nitrogens with zero attached hydrogens (tertiary/aromatic N) is 4. The van der Waals surface area contributed by atoms with Crippen molar-refractivity contribution < 1.29 is 19.0 Å². The van der Waals surface area contributed by atoms with Gasteiger partial charge in [-0.3, -0.25) is 9.48 Å². The number of fused-ring (bicyclic) bond motifs is 2. The van der Waals surface area contributed by atoms with Gasteiger partial charge < -0.3 is 19.1 Å². The van der Waals surface area contributed by atoms with Crippen molar-refractivity contribution in [2.75, 3.05) is 26.4 Å². The molecule has 2 aromatic carbocycles. The van der Waals surface area contributed by atoms with E-state index in [0.29, 0.717) is 44.4 Å². The van der Waals surface area contributed by atoms with Gasteiger partial charge in [0.25, 0.3) is 0 Å². The molecule has 2 aliphatic heterocycles. The molecule has 1 atom stereocenters. The molecular formula is C25H24N4O4S. The summed E-state index contributed by atoms with van der Waals surface area (Å²) < 4.78 is 20.8. The highest BCUT2D eigenvalue weighted by molar-refractivity contribution is 7.21. The molecule has 6 rings (SSSR count). The number of rotatable bonds is 5. The predicted octanol–water partition coefficient (Wildman–Crippen LogP) is 3.75. The van der Waals surface area contributed by atoms with Crippen LogP contribution in [0.4, 0.5) is 0 Å². The van der Waals surface area contributed by atoms with Gasteiger partial charge in [0.15, 0.2) is 11.5 Å². The molecule has 0 saturated carbocycles. The van der Waals surface area contributed by atoms with Gasteiger partial charge >= 0.3 is 0 Å². The topological polar surface area (TPSA) is 78.7 Å². The van der Waals surface area contributed by atoms with E-state index in [1.54, 1.807) is 28.4 Å². The van der Waals surface area contributed by atoms with Gasteiger partial charge in [-0.15, -0.1) is 11.3 Å². The summed E-state index contributed by atoms with van der Waals surface area (Å²) in [4.78, 5) is 19.7. The minimum Gasteiger partial charge on any atom is -0.487 e. The van der Waals surface area contributed by atoms with E-state index in [1.807, 2.05) is 35.2 Å². The molecule has 9 heteroatoms. The summed E-state index contributed by atoms with van der Waals surface area (Å²) in [5, 5.41) is 5.08. The van der Waals surface area contributed by atoms with Crippen molar-refractivity contribution >= 4 is 27.5 Å². The van der Waals surface area contributed by atoms with Crippen LogP contribution < -0.4 is 9.47 Å². The molecule has 1 amide bonds. The average Bonchev–Trinajstić information content (AvgIpc) is 3.59. The molecule has 0 radical (unpaired) electrons. The lowest BCUT2D eigenvalue weighted by molar-refractivity contribution is -0.132. The number of ether oxygens (including phenoxy) is 3. The van der Waals surface area contributed by atoms with Crippen LogP contribution in [0.5, 0.6) is 11.5 Å². The van der Waals surface area contributed by atoms with E-state index in [2.05, 4.69) is 17.2 Å². The third-order valence-electron chi connectivity index (χ3n) is 6.03. The molecule has 0 aliphatic carbocycles. The normalized spacial score (nSPS) is 17.9. The first-order valence-corrected chi connectivity index (χ1v) is 12.2. The Morgan fingerprint density at radius 1 is 1.21 bits per heavy atom. The highest BCUT2D eigenvalue weighted by Crippen LogP contribution is 2.41. The SMILES string of the molecule is O=C(Cn1cccn1)N1CCOc2c(cc(-c3nc4ccccc4s3)cc2OC2CCOC2)C1. The molecule has 4 aromatic rings. The number of thiazole rings is 1. The number of aromatic nitrogens is 3. The van der Waals surface area contributed by atoms with Gasteiger partial charge in [0.1, 0.15) is 24.3 Å². The largest absolute Gasteiger partial charge is 0.487 e. The van der Waals surface area contributed by atoms with Crippen LogP contribution in [0, 0.1) is 0 Å². The van der Waals surface area contributed by atoms with Crippen LogP contribution in [0.15, 0.2) is 54.9 Å². The maximum Gasteiger partial charge on any atom is 0.244 e. The van der Waals surface area contributed by atoms with Crippen molar-refractivity contribution in [1.29, 1.82) is 0 Å². The quantitative estimate of drug-likeness (QED) is 0.437. The zero-order valence-corrected chi connectivity index (χ0v) is 19.4. The van der Waals surface area contributed by atoms with Crippen LogP contribution in [0.1, 0.15) is 12.0 Å². The molecule has 1 unspecified atom stereocenters. The van der Waals surface area contributed by atoms with Gasteiger partial charge in [0.05, 0.1) is 30.0 Å². The van der Waals surface area contributed by atoms with Crippen molar-refractivity contribution in [2.24, 2.45) is 0 Å². The average molecular weight is 477 g/mol. The third kappa shape index (κ3) is 4.24. The molecule has 1 fully saturated rings. The lowest BCUT2D eigenvalue weighted by Gasteiger charge is -2.21. The smallest absolute Gasteiger partial charge is 0.244 e. The standard InChI is InChI=1S/C25H24N4O4S/c30-23(15-29-8-3-7-26-29)28-9-11-32-24-18(14-28)12-17(13-21(24)33-19-6-10-31-16-19)25-27-20-4-1-2-5-22(20)34-25/h1-5,7-8,12-13,19H,6,9-11,14-16H2. The Hall–Kier alpha value is -3.43. The third-order valence-corrected chi connectivity index (χ3v) is 7.12. The highest BCUT2D eigenvalue weighted by atomic mass is 32.1. The van der Waals surface area contributed by atoms with Crippen LogP contribution in [-0.2, 0) is 22.6 Å². The number of para-hydroxylation sites is 1. The minimum absolute atomic E-state index is 0.00259. The molecular weight excluding hydrogens is 452 g/mol. The second-order valence-corrected chi connectivity index (χ2v) is 9.45. The molecule has 0 bridgehead atoms. The summed E-state index contributed by atoms with van der Waals surface area (Å²) in [5.41, 5.74) is 2.84. The van der Waals surface area contributed by atoms with Crippen molar-refractivity contribution in [2.45, 2.75) is 25.6 Å². The van der Waals surface area contributed by atoms with E-state index in [4.69, 9.17) is 19.2 Å². The fourth-order valence-electron chi connectivity index (χ4n) is 4.32. The summed E-state index contributed by atoms with van der Waals surface area (Å²) in [6.45, 7) is 2.79. The molecule has 34 heavy (non-hydrogen) atoms. The zero-order chi connectivity index (χ0) is 22.9. The molecule has 2 aromatic heterocycles. The number of benzene rings is 2. The summed E-state index contributed by atoms with van der Waals surface area (Å²) in [6.07, 6.45) is 4.30. The van der Waals surface area contributed by atoms with Gasteiger partial charge in [-0.25, -0.2) is 4.98 Å². The van der Waals surface area contributed by atoms with E-state index in [9.17, 15) is 4.79 Å². The summed E-state index contributed by atoms with van der Waals surface area (Å²) in [6, 6.07) is 14.0. The molecule has 0 N–H and O–H groups in total. The maximum absolute atomic E-state index is 13.0. The Labute approximate surface area is 200 Å². The van der Waals surface area contributed by atoms with Crippen LogP contribution in [0.25, 0.3) is 20.8 Å². The Morgan fingerprint density at radius 2 is 2.15 bits per heavy atom. The van der Waals surface area contributed by atoms with Gasteiger partial charge in [-0.2, -0.15) is 5.10 Å². The Morgan fingerprint density at radius 3 is 2.97 bits per heavy atom. The maximum atomic E-state index is 13.0. The number of amides is 1. The van der Waals surface area contributed by atoms with Crippen LogP contribution in [0.2, 0.25) is 0 Å². The highest BCUT2D eigenvalue weighted by Gasteiger charge is 2.27. The van der Waals surface area contributed by atoms with Gasteiger partial charge in [0, 0.05) is 36.5 Å². The Kier molecular flexibility index (Phi) is 5.64. The lowest BCUT2D eigenvalue weighted by Crippen LogP contribution is -2.35. The molecule has 2 aliphatic rings. The molecule has 0 spiro atoms. The second kappa shape index (κ2) is 9.08. The van der Waals surface area contributed by atoms with E-state index in [-0.39, 0.29) is 18.6 Å². The van der Waals surface area contributed by atoms with Crippen molar-refractivity contribution in [1.82, 2.24) is 19.7 Å². The molecule has 8 nitrogen and oxygen atoms in total. The number of hydrogen-bond donors (Lipinski definition) is 0. The summed E-state index contributed by atoms with van der Waals surface area (Å²) in [5.74, 6) is 1.38. The van der Waals surface area contributed by atoms with Crippen molar-refractivity contribution in [3.8, 4) is 22.1 Å². The lowest BCUT2D eigenvalue weighted by atomic mass is 10.1. The van der Waals surface area contributed by atoms with Crippen LogP contribution >= 0.6 is 11.3 Å². The van der Waals surface area contributed by atoms with E-state index in [0.717, 1.165) is 32.8 Å². The van der Waals surface area contributed by atoms with Gasteiger partial charge in [-0.05, 0) is 30.3 Å². The van der Waals surface area contributed by atoms with Crippen molar-refractivity contribution in [3.05, 3.63) is 60.4 Å². The van der Waals surface area contributed by atoms with Gasteiger partial charge in [0.2, 0.25) is 5.91 Å². The number of carbonyl (C=O) groups is 1. The fourth-order valence-corrected chi connectivity index (χ4v) is 5.27. The summed E-state index contributed by atoms with van der Waals surface area (Å²) in [7, 11) is 0.